The molecular formula is C15H10N2S. The van der Waals surface area contributed by atoms with Crippen molar-refractivity contribution in [3.8, 4) is 10.4 Å². The maximum absolute atomic E-state index is 4.33. The first-order chi connectivity index (χ1) is 8.92. The second-order valence-electron chi connectivity index (χ2n) is 4.25. The molecule has 18 heavy (non-hydrogen) atoms. The highest BCUT2D eigenvalue weighted by atomic mass is 32.1. The smallest absolute Gasteiger partial charge is 0.137 e. The monoisotopic (exact) mass is 250 g/mol. The van der Waals surface area contributed by atoms with E-state index in [4.69, 9.17) is 0 Å². The summed E-state index contributed by atoms with van der Waals surface area (Å²) in [6.07, 6.45) is 3.80. The summed E-state index contributed by atoms with van der Waals surface area (Å²) < 4.78 is 1.33. The van der Waals surface area contributed by atoms with Gasteiger partial charge in [0.25, 0.3) is 0 Å². The Bertz CT molecular complexity index is 809. The summed E-state index contributed by atoms with van der Waals surface area (Å²) in [6.45, 7) is 0. The van der Waals surface area contributed by atoms with Crippen molar-refractivity contribution < 1.29 is 0 Å². The summed E-state index contributed by atoms with van der Waals surface area (Å²) in [5.74, 6) is 0. The zero-order valence-electron chi connectivity index (χ0n) is 9.55. The van der Waals surface area contributed by atoms with Crippen LogP contribution in [0.25, 0.3) is 31.6 Å². The van der Waals surface area contributed by atoms with E-state index >= 15 is 0 Å². The summed E-state index contributed by atoms with van der Waals surface area (Å²) >= 11 is 1.83. The van der Waals surface area contributed by atoms with Gasteiger partial charge in [0.05, 0.1) is 0 Å². The molecule has 86 valence electrons. The Balaban J connectivity index is 2.04. The maximum atomic E-state index is 4.33. The molecule has 2 nitrogen and oxygen atoms in total. The topological polar surface area (TPSA) is 28.7 Å². The van der Waals surface area contributed by atoms with Crippen molar-refractivity contribution in [2.45, 2.75) is 0 Å². The normalized spacial score (nSPS) is 11.3. The Morgan fingerprint density at radius 3 is 2.94 bits per heavy atom. The number of thiophene rings is 1. The second kappa shape index (κ2) is 3.68. The van der Waals surface area contributed by atoms with E-state index in [1.807, 2.05) is 23.7 Å². The predicted octanol–water partition coefficient (Wildman–Crippen LogP) is 4.44. The first kappa shape index (κ1) is 9.85. The van der Waals surface area contributed by atoms with Gasteiger partial charge in [0.15, 0.2) is 0 Å². The van der Waals surface area contributed by atoms with Crippen molar-refractivity contribution >= 4 is 32.5 Å². The van der Waals surface area contributed by atoms with E-state index in [1.165, 1.54) is 25.9 Å². The van der Waals surface area contributed by atoms with E-state index < -0.39 is 0 Å². The molecule has 4 aromatic rings. The van der Waals surface area contributed by atoms with Crippen LogP contribution in [0.2, 0.25) is 0 Å². The molecule has 0 unspecified atom stereocenters. The van der Waals surface area contributed by atoms with Crippen LogP contribution in [0.5, 0.6) is 0 Å². The molecule has 3 aromatic heterocycles. The van der Waals surface area contributed by atoms with E-state index in [0.29, 0.717) is 0 Å². The van der Waals surface area contributed by atoms with Crippen molar-refractivity contribution in [1.82, 2.24) is 9.97 Å². The lowest BCUT2D eigenvalue weighted by atomic mass is 10.1. The summed E-state index contributed by atoms with van der Waals surface area (Å²) in [5, 5.41) is 2.49. The van der Waals surface area contributed by atoms with Gasteiger partial charge in [0.1, 0.15) is 5.65 Å². The third-order valence-electron chi connectivity index (χ3n) is 3.15. The van der Waals surface area contributed by atoms with Gasteiger partial charge in [0, 0.05) is 32.9 Å². The van der Waals surface area contributed by atoms with Crippen LogP contribution < -0.4 is 0 Å². The standard InChI is InChI=1S/C15H10N2S/c1-2-4-13-10(3-1)9-14(18-13)11-5-7-16-15-12(11)6-8-17-15/h1-9H,(H,16,17). The minimum atomic E-state index is 0.949. The number of benzene rings is 1. The molecule has 4 rings (SSSR count). The summed E-state index contributed by atoms with van der Waals surface area (Å²) in [4.78, 5) is 8.78. The molecule has 0 bridgehead atoms. The average molecular weight is 250 g/mol. The van der Waals surface area contributed by atoms with Crippen LogP contribution in [-0.4, -0.2) is 9.97 Å². The first-order valence-corrected chi connectivity index (χ1v) is 6.64. The number of nitrogens with one attached hydrogen (secondary N) is 1. The Morgan fingerprint density at radius 2 is 2.00 bits per heavy atom. The van der Waals surface area contributed by atoms with Gasteiger partial charge in [-0.15, -0.1) is 11.3 Å². The third-order valence-corrected chi connectivity index (χ3v) is 4.30. The zero-order chi connectivity index (χ0) is 11.9. The summed E-state index contributed by atoms with van der Waals surface area (Å²) in [5.41, 5.74) is 2.20. The molecule has 0 aliphatic carbocycles. The van der Waals surface area contributed by atoms with Gasteiger partial charge < -0.3 is 4.98 Å². The van der Waals surface area contributed by atoms with Crippen LogP contribution in [0.4, 0.5) is 0 Å². The molecule has 0 saturated carbocycles. The van der Waals surface area contributed by atoms with Crippen LogP contribution in [0.1, 0.15) is 0 Å². The molecule has 0 spiro atoms. The van der Waals surface area contributed by atoms with E-state index in [2.05, 4.69) is 52.4 Å². The molecule has 0 saturated heterocycles. The molecule has 0 fully saturated rings. The molecule has 1 aromatic carbocycles. The Hall–Kier alpha value is -2.13. The molecule has 0 aliphatic heterocycles. The molecule has 0 amide bonds. The van der Waals surface area contributed by atoms with E-state index in [1.54, 1.807) is 0 Å². The number of hydrogen-bond donors (Lipinski definition) is 1. The third kappa shape index (κ3) is 1.38. The lowest BCUT2D eigenvalue weighted by Gasteiger charge is -1.98. The van der Waals surface area contributed by atoms with E-state index in [9.17, 15) is 0 Å². The van der Waals surface area contributed by atoms with Gasteiger partial charge in [0.2, 0.25) is 0 Å². The molecule has 3 heterocycles. The van der Waals surface area contributed by atoms with Crippen molar-refractivity contribution in [2.75, 3.05) is 0 Å². The zero-order valence-corrected chi connectivity index (χ0v) is 10.4. The summed E-state index contributed by atoms with van der Waals surface area (Å²) in [7, 11) is 0. The number of nitrogens with zero attached hydrogens (tertiary/aromatic N) is 1. The first-order valence-electron chi connectivity index (χ1n) is 5.83. The number of rotatable bonds is 1. The van der Waals surface area contributed by atoms with Crippen LogP contribution >= 0.6 is 11.3 Å². The van der Waals surface area contributed by atoms with Crippen molar-refractivity contribution in [3.63, 3.8) is 0 Å². The number of fused-ring (bicyclic) bond motifs is 2. The fraction of sp³-hybridized carbons (Fsp3) is 0. The lowest BCUT2D eigenvalue weighted by molar-refractivity contribution is 1.33. The Labute approximate surface area is 108 Å². The van der Waals surface area contributed by atoms with Gasteiger partial charge in [-0.2, -0.15) is 0 Å². The molecule has 0 aliphatic rings. The highest BCUT2D eigenvalue weighted by Crippen LogP contribution is 2.36. The SMILES string of the molecule is c1ccc2sc(-c3ccnc4[nH]ccc34)cc2c1. The number of hydrogen-bond acceptors (Lipinski definition) is 2. The van der Waals surface area contributed by atoms with Gasteiger partial charge >= 0.3 is 0 Å². The Kier molecular flexibility index (Phi) is 2.02. The van der Waals surface area contributed by atoms with Crippen molar-refractivity contribution in [3.05, 3.63) is 54.9 Å². The fourth-order valence-electron chi connectivity index (χ4n) is 2.29. The van der Waals surface area contributed by atoms with E-state index in [0.717, 1.165) is 5.65 Å². The maximum Gasteiger partial charge on any atom is 0.137 e. The van der Waals surface area contributed by atoms with Crippen molar-refractivity contribution in [2.24, 2.45) is 0 Å². The van der Waals surface area contributed by atoms with Crippen LogP contribution in [0.15, 0.2) is 54.9 Å². The molecule has 1 N–H and O–H groups in total. The highest BCUT2D eigenvalue weighted by Gasteiger charge is 2.08. The molecule has 0 atom stereocenters. The number of aromatic nitrogens is 2. The predicted molar refractivity (Wildman–Crippen MR) is 76.9 cm³/mol. The fourth-order valence-corrected chi connectivity index (χ4v) is 3.39. The summed E-state index contributed by atoms with van der Waals surface area (Å²) in [6, 6.07) is 14.9. The van der Waals surface area contributed by atoms with Gasteiger partial charge in [-0.25, -0.2) is 4.98 Å². The molecule has 0 radical (unpaired) electrons. The number of aromatic amines is 1. The number of pyridine rings is 1. The largest absolute Gasteiger partial charge is 0.346 e. The van der Waals surface area contributed by atoms with Crippen LogP contribution in [-0.2, 0) is 0 Å². The Morgan fingerprint density at radius 1 is 1.06 bits per heavy atom. The highest BCUT2D eigenvalue weighted by molar-refractivity contribution is 7.22. The minimum absolute atomic E-state index is 0.949. The van der Waals surface area contributed by atoms with Crippen molar-refractivity contribution in [1.29, 1.82) is 0 Å². The molecule has 3 heteroatoms. The average Bonchev–Trinajstić information content (AvgIpc) is 3.04. The minimum Gasteiger partial charge on any atom is -0.346 e. The van der Waals surface area contributed by atoms with E-state index in [-0.39, 0.29) is 0 Å². The van der Waals surface area contributed by atoms with Gasteiger partial charge in [-0.3, -0.25) is 0 Å². The number of H-pyrrole nitrogens is 1. The van der Waals surface area contributed by atoms with Crippen LogP contribution in [0, 0.1) is 0 Å². The van der Waals surface area contributed by atoms with Gasteiger partial charge in [-0.1, -0.05) is 18.2 Å². The van der Waals surface area contributed by atoms with Crippen LogP contribution in [0.3, 0.4) is 0 Å². The second-order valence-corrected chi connectivity index (χ2v) is 5.33. The van der Waals surface area contributed by atoms with Gasteiger partial charge in [-0.05, 0) is 29.7 Å². The lowest BCUT2D eigenvalue weighted by Crippen LogP contribution is -1.78. The molecular weight excluding hydrogens is 240 g/mol. The quantitative estimate of drug-likeness (QED) is 0.531.